The molecule has 2 N–H and O–H groups in total. The van der Waals surface area contributed by atoms with Crippen molar-refractivity contribution in [1.82, 2.24) is 5.43 Å². The summed E-state index contributed by atoms with van der Waals surface area (Å²) in [5.74, 6) is 1.11. The second-order valence-corrected chi connectivity index (χ2v) is 9.11. The lowest BCUT2D eigenvalue weighted by Gasteiger charge is -2.08. The topological polar surface area (TPSA) is 79.8 Å². The van der Waals surface area contributed by atoms with E-state index in [-0.39, 0.29) is 18.4 Å². The van der Waals surface area contributed by atoms with Crippen molar-refractivity contribution in [3.8, 4) is 5.75 Å². The Morgan fingerprint density at radius 1 is 1.03 bits per heavy atom. The van der Waals surface area contributed by atoms with E-state index >= 15 is 0 Å². The largest absolute Gasteiger partial charge is 0.484 e. The molecule has 3 rings (SSSR count). The second-order valence-electron chi connectivity index (χ2n) is 6.80. The summed E-state index contributed by atoms with van der Waals surface area (Å²) >= 11 is 11.0. The van der Waals surface area contributed by atoms with Gasteiger partial charge in [0.25, 0.3) is 5.91 Å². The number of ether oxygens (including phenoxy) is 1. The molecule has 0 atom stereocenters. The average Bonchev–Trinajstić information content (AvgIpc) is 2.80. The number of benzene rings is 3. The molecule has 0 saturated heterocycles. The number of halogens is 2. The molecular formula is C24H21BrClN3O3S. The number of hydrogen-bond donors (Lipinski definition) is 2. The van der Waals surface area contributed by atoms with Crippen LogP contribution in [0.1, 0.15) is 11.1 Å². The molecule has 3 aromatic rings. The van der Waals surface area contributed by atoms with E-state index < -0.39 is 0 Å². The normalized spacial score (nSPS) is 10.7. The van der Waals surface area contributed by atoms with Gasteiger partial charge in [-0.25, -0.2) is 5.43 Å². The van der Waals surface area contributed by atoms with Gasteiger partial charge in [-0.2, -0.15) is 5.10 Å². The highest BCUT2D eigenvalue weighted by atomic mass is 79.9. The highest BCUT2D eigenvalue weighted by Gasteiger charge is 2.06. The fraction of sp³-hybridized carbons (Fsp3) is 0.125. The van der Waals surface area contributed by atoms with Crippen molar-refractivity contribution < 1.29 is 14.3 Å². The minimum absolute atomic E-state index is 0.147. The van der Waals surface area contributed by atoms with Gasteiger partial charge in [0.05, 0.1) is 22.7 Å². The Hall–Kier alpha value is -2.81. The van der Waals surface area contributed by atoms with Gasteiger partial charge in [-0.15, -0.1) is 11.8 Å². The van der Waals surface area contributed by atoms with Crippen LogP contribution in [0.25, 0.3) is 0 Å². The van der Waals surface area contributed by atoms with E-state index in [0.717, 1.165) is 21.4 Å². The first kappa shape index (κ1) is 24.8. The number of thioether (sulfide) groups is 1. The number of nitrogens with zero attached hydrogens (tertiary/aromatic N) is 1. The van der Waals surface area contributed by atoms with Gasteiger partial charge in [-0.3, -0.25) is 9.59 Å². The van der Waals surface area contributed by atoms with Crippen LogP contribution in [0, 0.1) is 0 Å². The zero-order valence-electron chi connectivity index (χ0n) is 17.5. The molecule has 0 fully saturated rings. The lowest BCUT2D eigenvalue weighted by molar-refractivity contribution is -0.119. The summed E-state index contributed by atoms with van der Waals surface area (Å²) in [6.07, 6.45) is 1.55. The Morgan fingerprint density at radius 2 is 1.82 bits per heavy atom. The molecular weight excluding hydrogens is 526 g/mol. The summed E-state index contributed by atoms with van der Waals surface area (Å²) < 4.78 is 6.51. The molecule has 0 aliphatic heterocycles. The quantitative estimate of drug-likeness (QED) is 0.260. The van der Waals surface area contributed by atoms with Gasteiger partial charge in [-0.1, -0.05) is 51.8 Å². The highest BCUT2D eigenvalue weighted by molar-refractivity contribution is 9.10. The van der Waals surface area contributed by atoms with E-state index in [0.29, 0.717) is 22.2 Å². The third kappa shape index (κ3) is 8.92. The van der Waals surface area contributed by atoms with Crippen LogP contribution < -0.4 is 15.5 Å². The number of rotatable bonds is 10. The minimum atomic E-state index is -0.311. The fourth-order valence-electron chi connectivity index (χ4n) is 2.65. The molecule has 2 amide bonds. The molecule has 6 nitrogen and oxygen atoms in total. The maximum atomic E-state index is 12.0. The van der Waals surface area contributed by atoms with Crippen molar-refractivity contribution in [2.75, 3.05) is 17.7 Å². The van der Waals surface area contributed by atoms with Crippen LogP contribution in [0.4, 0.5) is 5.69 Å². The standard InChI is InChI=1S/C24H21BrClN3O3S/c25-19-5-3-4-18(12-19)15-33-16-24(31)29-27-13-17-8-10-20(11-9-17)32-14-23(30)28-22-7-2-1-6-21(22)26/h1-13H,14-16H2,(H,28,30)(H,29,31)/b27-13-. The Labute approximate surface area is 209 Å². The molecule has 0 saturated carbocycles. The summed E-state index contributed by atoms with van der Waals surface area (Å²) in [6.45, 7) is -0.147. The fourth-order valence-corrected chi connectivity index (χ4v) is 4.04. The van der Waals surface area contributed by atoms with Crippen LogP contribution in [-0.4, -0.2) is 30.4 Å². The van der Waals surface area contributed by atoms with Crippen LogP contribution in [0.15, 0.2) is 82.4 Å². The summed E-state index contributed by atoms with van der Waals surface area (Å²) in [4.78, 5) is 23.9. The predicted molar refractivity (Wildman–Crippen MR) is 138 cm³/mol. The molecule has 0 aliphatic carbocycles. The lowest BCUT2D eigenvalue weighted by atomic mass is 10.2. The molecule has 0 aromatic heterocycles. The molecule has 33 heavy (non-hydrogen) atoms. The summed E-state index contributed by atoms with van der Waals surface area (Å²) in [5.41, 5.74) is 4.98. The van der Waals surface area contributed by atoms with Gasteiger partial charge in [-0.05, 0) is 59.7 Å². The third-order valence-corrected chi connectivity index (χ3v) is 6.02. The summed E-state index contributed by atoms with van der Waals surface area (Å²) in [6, 6.07) is 22.0. The average molecular weight is 547 g/mol. The number of hydrazone groups is 1. The van der Waals surface area contributed by atoms with Crippen LogP contribution in [0.2, 0.25) is 5.02 Å². The van der Waals surface area contributed by atoms with E-state index in [4.69, 9.17) is 16.3 Å². The number of hydrogen-bond acceptors (Lipinski definition) is 5. The Morgan fingerprint density at radius 3 is 2.58 bits per heavy atom. The van der Waals surface area contributed by atoms with Crippen molar-refractivity contribution in [3.63, 3.8) is 0 Å². The van der Waals surface area contributed by atoms with Crippen LogP contribution >= 0.6 is 39.3 Å². The van der Waals surface area contributed by atoms with Gasteiger partial charge in [0.1, 0.15) is 5.75 Å². The van der Waals surface area contributed by atoms with E-state index in [1.165, 1.54) is 11.8 Å². The minimum Gasteiger partial charge on any atom is -0.484 e. The molecule has 0 aliphatic rings. The SMILES string of the molecule is O=C(CSCc1cccc(Br)c1)N/N=C\c1ccc(OCC(=O)Nc2ccccc2Cl)cc1. The zero-order valence-corrected chi connectivity index (χ0v) is 20.6. The van der Waals surface area contributed by atoms with E-state index in [1.807, 2.05) is 24.3 Å². The van der Waals surface area contributed by atoms with Gasteiger partial charge in [0, 0.05) is 10.2 Å². The molecule has 170 valence electrons. The maximum Gasteiger partial charge on any atom is 0.262 e. The van der Waals surface area contributed by atoms with Crippen molar-refractivity contribution in [2.45, 2.75) is 5.75 Å². The number of nitrogens with one attached hydrogen (secondary N) is 2. The van der Waals surface area contributed by atoms with Crippen molar-refractivity contribution in [3.05, 3.63) is 93.4 Å². The Kier molecular flexibility index (Phi) is 9.80. The van der Waals surface area contributed by atoms with E-state index in [9.17, 15) is 9.59 Å². The molecule has 0 unspecified atom stereocenters. The van der Waals surface area contributed by atoms with Gasteiger partial charge in [0.15, 0.2) is 6.61 Å². The third-order valence-electron chi connectivity index (χ3n) is 4.19. The predicted octanol–water partition coefficient (Wildman–Crippen LogP) is 5.50. The van der Waals surface area contributed by atoms with Gasteiger partial charge in [0.2, 0.25) is 5.91 Å². The highest BCUT2D eigenvalue weighted by Crippen LogP contribution is 2.20. The van der Waals surface area contributed by atoms with Crippen LogP contribution in [0.3, 0.4) is 0 Å². The molecule has 0 radical (unpaired) electrons. The van der Waals surface area contributed by atoms with E-state index in [1.54, 1.807) is 54.7 Å². The van der Waals surface area contributed by atoms with Crippen molar-refractivity contribution >= 4 is 63.0 Å². The number of carbonyl (C=O) groups is 2. The first-order valence-corrected chi connectivity index (χ1v) is 12.2. The van der Waals surface area contributed by atoms with E-state index in [2.05, 4.69) is 31.8 Å². The smallest absolute Gasteiger partial charge is 0.262 e. The zero-order chi connectivity index (χ0) is 23.5. The number of amides is 2. The molecule has 9 heteroatoms. The lowest BCUT2D eigenvalue weighted by Crippen LogP contribution is -2.20. The van der Waals surface area contributed by atoms with Crippen LogP contribution in [0.5, 0.6) is 5.75 Å². The van der Waals surface area contributed by atoms with Crippen molar-refractivity contribution in [1.29, 1.82) is 0 Å². The first-order valence-electron chi connectivity index (χ1n) is 9.91. The summed E-state index contributed by atoms with van der Waals surface area (Å²) in [7, 11) is 0. The van der Waals surface area contributed by atoms with Gasteiger partial charge < -0.3 is 10.1 Å². The summed E-state index contributed by atoms with van der Waals surface area (Å²) in [5, 5.41) is 7.14. The Balaban J connectivity index is 1.36. The van der Waals surface area contributed by atoms with Gasteiger partial charge >= 0.3 is 0 Å². The monoisotopic (exact) mass is 545 g/mol. The first-order chi connectivity index (χ1) is 16.0. The Bertz CT molecular complexity index is 1130. The van der Waals surface area contributed by atoms with Crippen molar-refractivity contribution in [2.24, 2.45) is 5.10 Å². The maximum absolute atomic E-state index is 12.0. The van der Waals surface area contributed by atoms with Crippen LogP contribution in [-0.2, 0) is 15.3 Å². The number of anilines is 1. The second kappa shape index (κ2) is 13.0. The number of carbonyl (C=O) groups excluding carboxylic acids is 2. The molecule has 3 aromatic carbocycles. The molecule has 0 spiro atoms. The molecule has 0 bridgehead atoms. The number of para-hydroxylation sites is 1. The molecule has 0 heterocycles.